The molecular formula is C31H56N2O. The number of carbonyl (C=O) groups is 1. The smallest absolute Gasteiger partial charge is 0.253 e. The van der Waals surface area contributed by atoms with Crippen LogP contribution in [-0.2, 0) is 0 Å². The highest BCUT2D eigenvalue weighted by Crippen LogP contribution is 2.15. The summed E-state index contributed by atoms with van der Waals surface area (Å²) >= 11 is 0. The minimum absolute atomic E-state index is 0.173. The number of nitrogen functional groups attached to an aromatic ring is 1. The Kier molecular flexibility index (Phi) is 19.7. The zero-order valence-corrected chi connectivity index (χ0v) is 22.8. The highest BCUT2D eigenvalue weighted by Gasteiger charge is 2.15. The maximum Gasteiger partial charge on any atom is 0.253 e. The van der Waals surface area contributed by atoms with Crippen molar-refractivity contribution in [3.63, 3.8) is 0 Å². The van der Waals surface area contributed by atoms with E-state index in [4.69, 9.17) is 5.73 Å². The van der Waals surface area contributed by atoms with Gasteiger partial charge in [-0.25, -0.2) is 0 Å². The quantitative estimate of drug-likeness (QED) is 0.127. The van der Waals surface area contributed by atoms with Crippen LogP contribution in [0.3, 0.4) is 0 Å². The van der Waals surface area contributed by atoms with Crippen molar-refractivity contribution >= 4 is 11.6 Å². The van der Waals surface area contributed by atoms with Gasteiger partial charge in [0.1, 0.15) is 0 Å². The highest BCUT2D eigenvalue weighted by atomic mass is 16.2. The predicted octanol–water partition coefficient (Wildman–Crippen LogP) is 9.55. The predicted molar refractivity (Wildman–Crippen MR) is 150 cm³/mol. The molecule has 1 aromatic carbocycles. The Bertz CT molecular complexity index is 560. The number of nitrogens with two attached hydrogens (primary N) is 1. The van der Waals surface area contributed by atoms with Crippen LogP contribution in [0.2, 0.25) is 0 Å². The maximum atomic E-state index is 13.1. The fraction of sp³-hybridized carbons (Fsp3) is 0.774. The SMILES string of the molecule is CCCCCCCCCCCCN(CCCCCCCCCCCC)C(=O)c1ccc(N)cc1. The third-order valence-electron chi connectivity index (χ3n) is 7.01. The summed E-state index contributed by atoms with van der Waals surface area (Å²) in [6.07, 6.45) is 26.5. The minimum atomic E-state index is 0.173. The van der Waals surface area contributed by atoms with Crippen LogP contribution in [-0.4, -0.2) is 23.9 Å². The Morgan fingerprint density at radius 2 is 0.882 bits per heavy atom. The molecule has 0 aromatic heterocycles. The molecule has 0 aliphatic rings. The van der Waals surface area contributed by atoms with Crippen LogP contribution in [0.1, 0.15) is 153 Å². The third kappa shape index (κ3) is 16.2. The van der Waals surface area contributed by atoms with Crippen molar-refractivity contribution in [2.75, 3.05) is 18.8 Å². The van der Waals surface area contributed by atoms with Crippen molar-refractivity contribution < 1.29 is 4.79 Å². The zero-order valence-electron chi connectivity index (χ0n) is 22.8. The van der Waals surface area contributed by atoms with E-state index in [0.29, 0.717) is 5.69 Å². The van der Waals surface area contributed by atoms with Gasteiger partial charge in [-0.05, 0) is 37.1 Å². The Morgan fingerprint density at radius 3 is 1.24 bits per heavy atom. The lowest BCUT2D eigenvalue weighted by Crippen LogP contribution is -2.33. The molecule has 0 saturated heterocycles. The molecule has 0 unspecified atom stereocenters. The van der Waals surface area contributed by atoms with Gasteiger partial charge >= 0.3 is 0 Å². The molecule has 1 aromatic rings. The second-order valence-electron chi connectivity index (χ2n) is 10.3. The van der Waals surface area contributed by atoms with Crippen LogP contribution in [0.25, 0.3) is 0 Å². The Labute approximate surface area is 212 Å². The van der Waals surface area contributed by atoms with E-state index in [1.807, 2.05) is 24.3 Å². The molecule has 3 heteroatoms. The van der Waals surface area contributed by atoms with Crippen LogP contribution >= 0.6 is 0 Å². The van der Waals surface area contributed by atoms with Gasteiger partial charge in [-0.2, -0.15) is 0 Å². The topological polar surface area (TPSA) is 46.3 Å². The van der Waals surface area contributed by atoms with Crippen LogP contribution < -0.4 is 5.73 Å². The molecule has 0 aliphatic carbocycles. The zero-order chi connectivity index (χ0) is 24.7. The van der Waals surface area contributed by atoms with E-state index in [9.17, 15) is 4.79 Å². The van der Waals surface area contributed by atoms with Crippen LogP contribution in [0, 0.1) is 0 Å². The van der Waals surface area contributed by atoms with Crippen LogP contribution in [0.4, 0.5) is 5.69 Å². The lowest BCUT2D eigenvalue weighted by molar-refractivity contribution is 0.0749. The standard InChI is InChI=1S/C31H56N2O/c1-3-5-7-9-11-13-15-17-19-21-27-33(31(34)29-23-25-30(32)26-24-29)28-22-20-18-16-14-12-10-8-6-4-2/h23-26H,3-22,27-28,32H2,1-2H3. The summed E-state index contributed by atoms with van der Waals surface area (Å²) in [4.78, 5) is 15.2. The van der Waals surface area contributed by atoms with E-state index >= 15 is 0 Å². The van der Waals surface area contributed by atoms with Crippen LogP contribution in [0.5, 0.6) is 0 Å². The summed E-state index contributed by atoms with van der Waals surface area (Å²) in [5, 5.41) is 0. The Balaban J connectivity index is 2.27. The minimum Gasteiger partial charge on any atom is -0.399 e. The molecule has 0 saturated carbocycles. The summed E-state index contributed by atoms with van der Waals surface area (Å²) in [6, 6.07) is 7.43. The fourth-order valence-corrected chi connectivity index (χ4v) is 4.70. The van der Waals surface area contributed by atoms with E-state index in [1.165, 1.54) is 116 Å². The van der Waals surface area contributed by atoms with Crippen molar-refractivity contribution in [1.82, 2.24) is 4.90 Å². The molecule has 0 heterocycles. The molecule has 3 nitrogen and oxygen atoms in total. The first kappa shape index (κ1) is 30.5. The molecule has 0 bridgehead atoms. The molecular weight excluding hydrogens is 416 g/mol. The van der Waals surface area contributed by atoms with Crippen molar-refractivity contribution in [2.24, 2.45) is 0 Å². The first-order valence-corrected chi connectivity index (χ1v) is 14.8. The van der Waals surface area contributed by atoms with Gasteiger partial charge in [-0.3, -0.25) is 4.79 Å². The van der Waals surface area contributed by atoms with E-state index < -0.39 is 0 Å². The number of hydrogen-bond donors (Lipinski definition) is 1. The largest absolute Gasteiger partial charge is 0.399 e. The molecule has 0 fully saturated rings. The summed E-state index contributed by atoms with van der Waals surface area (Å²) in [6.45, 7) is 6.32. The van der Waals surface area contributed by atoms with Gasteiger partial charge < -0.3 is 10.6 Å². The van der Waals surface area contributed by atoms with Crippen molar-refractivity contribution in [1.29, 1.82) is 0 Å². The normalized spacial score (nSPS) is 11.1. The molecule has 0 atom stereocenters. The first-order valence-electron chi connectivity index (χ1n) is 14.8. The van der Waals surface area contributed by atoms with Gasteiger partial charge in [0.15, 0.2) is 0 Å². The van der Waals surface area contributed by atoms with Gasteiger partial charge in [0.05, 0.1) is 0 Å². The van der Waals surface area contributed by atoms with Gasteiger partial charge in [0.2, 0.25) is 0 Å². The highest BCUT2D eigenvalue weighted by molar-refractivity contribution is 5.94. The number of nitrogens with zero attached hydrogens (tertiary/aromatic N) is 1. The number of unbranched alkanes of at least 4 members (excludes halogenated alkanes) is 18. The van der Waals surface area contributed by atoms with Gasteiger partial charge in [0.25, 0.3) is 5.91 Å². The van der Waals surface area contributed by atoms with Crippen LogP contribution in [0.15, 0.2) is 24.3 Å². The summed E-state index contributed by atoms with van der Waals surface area (Å²) in [5.41, 5.74) is 7.31. The van der Waals surface area contributed by atoms with E-state index in [1.54, 1.807) is 0 Å². The number of hydrogen-bond acceptors (Lipinski definition) is 2. The maximum absolute atomic E-state index is 13.1. The van der Waals surface area contributed by atoms with Crippen molar-refractivity contribution in [3.8, 4) is 0 Å². The summed E-state index contributed by atoms with van der Waals surface area (Å²) < 4.78 is 0. The number of rotatable bonds is 23. The van der Waals surface area contributed by atoms with Gasteiger partial charge in [0, 0.05) is 24.3 Å². The number of benzene rings is 1. The van der Waals surface area contributed by atoms with Gasteiger partial charge in [-0.15, -0.1) is 0 Å². The molecule has 0 spiro atoms. The fourth-order valence-electron chi connectivity index (χ4n) is 4.70. The Hall–Kier alpha value is -1.51. The lowest BCUT2D eigenvalue weighted by atomic mass is 10.1. The number of carbonyl (C=O) groups excluding carboxylic acids is 1. The molecule has 0 aliphatic heterocycles. The lowest BCUT2D eigenvalue weighted by Gasteiger charge is -2.23. The molecule has 2 N–H and O–H groups in total. The van der Waals surface area contributed by atoms with Crippen molar-refractivity contribution in [2.45, 2.75) is 142 Å². The molecule has 196 valence electrons. The summed E-state index contributed by atoms with van der Waals surface area (Å²) in [7, 11) is 0. The second kappa shape index (κ2) is 22.0. The Morgan fingerprint density at radius 1 is 0.559 bits per heavy atom. The third-order valence-corrected chi connectivity index (χ3v) is 7.01. The van der Waals surface area contributed by atoms with Gasteiger partial charge in [-0.1, -0.05) is 129 Å². The second-order valence-corrected chi connectivity index (χ2v) is 10.3. The van der Waals surface area contributed by atoms with E-state index in [0.717, 1.165) is 31.5 Å². The number of anilines is 1. The summed E-state index contributed by atoms with van der Waals surface area (Å²) in [5.74, 6) is 0.173. The first-order chi connectivity index (χ1) is 16.7. The van der Waals surface area contributed by atoms with Crippen molar-refractivity contribution in [3.05, 3.63) is 29.8 Å². The molecule has 1 amide bonds. The average molecular weight is 473 g/mol. The van der Waals surface area contributed by atoms with E-state index in [2.05, 4.69) is 18.7 Å². The average Bonchev–Trinajstić information content (AvgIpc) is 2.85. The monoisotopic (exact) mass is 472 g/mol. The molecule has 34 heavy (non-hydrogen) atoms. The van der Waals surface area contributed by atoms with E-state index in [-0.39, 0.29) is 5.91 Å². The molecule has 0 radical (unpaired) electrons. The molecule has 1 rings (SSSR count). The number of amides is 1.